The molecule has 0 aliphatic rings. The van der Waals surface area contributed by atoms with Crippen LogP contribution in [-0.2, 0) is 13.0 Å². The van der Waals surface area contributed by atoms with E-state index in [2.05, 4.69) is 16.4 Å². The van der Waals surface area contributed by atoms with Crippen molar-refractivity contribution in [2.75, 3.05) is 0 Å². The zero-order valence-electron chi connectivity index (χ0n) is 18.1. The number of benzene rings is 2. The molecule has 1 aromatic heterocycles. The molecule has 0 unspecified atom stereocenters. The van der Waals surface area contributed by atoms with E-state index in [4.69, 9.17) is 4.74 Å². The summed E-state index contributed by atoms with van der Waals surface area (Å²) in [5.41, 5.74) is 4.88. The Morgan fingerprint density at radius 2 is 1.90 bits per heavy atom. The van der Waals surface area contributed by atoms with Gasteiger partial charge in [-0.15, -0.1) is 0 Å². The molecule has 0 saturated heterocycles. The summed E-state index contributed by atoms with van der Waals surface area (Å²) in [5, 5.41) is 22.4. The van der Waals surface area contributed by atoms with Crippen molar-refractivity contribution in [3.63, 3.8) is 0 Å². The number of nitrogens with zero attached hydrogens (tertiary/aromatic N) is 2. The van der Waals surface area contributed by atoms with Crippen LogP contribution in [0.25, 0.3) is 0 Å². The van der Waals surface area contributed by atoms with E-state index in [1.165, 1.54) is 0 Å². The Hall–Kier alpha value is -3.85. The fourth-order valence-corrected chi connectivity index (χ4v) is 3.44. The fourth-order valence-electron chi connectivity index (χ4n) is 3.44. The maximum atomic E-state index is 12.6. The van der Waals surface area contributed by atoms with E-state index in [0.717, 1.165) is 28.8 Å². The molecule has 0 radical (unpaired) electrons. The number of hydrogen-bond acceptors (Lipinski definition) is 5. The Kier molecular flexibility index (Phi) is 6.56. The second kappa shape index (κ2) is 9.31. The maximum absolute atomic E-state index is 12.6. The van der Waals surface area contributed by atoms with E-state index in [0.29, 0.717) is 28.2 Å². The van der Waals surface area contributed by atoms with Crippen LogP contribution in [0.3, 0.4) is 0 Å². The zero-order valence-corrected chi connectivity index (χ0v) is 18.1. The summed E-state index contributed by atoms with van der Waals surface area (Å²) in [7, 11) is 0. The van der Waals surface area contributed by atoms with Crippen molar-refractivity contribution in [3.8, 4) is 23.4 Å². The third-order valence-electron chi connectivity index (χ3n) is 5.14. The van der Waals surface area contributed by atoms with Gasteiger partial charge in [-0.25, -0.2) is 4.98 Å². The number of pyridine rings is 1. The standard InChI is InChI=1S/C25H25N3O3/c1-5-18-7-6-8-23(20(18)13-26)31-22-10-9-19(12-16(22)3)24(29)27-14-21-15(2)11-17(4)28-25(21)30/h6-12H,5,14H2,1-4H3,(H,27,29)(H,28,30). The zero-order chi connectivity index (χ0) is 22.5. The van der Waals surface area contributed by atoms with Crippen LogP contribution in [0.5, 0.6) is 17.4 Å². The van der Waals surface area contributed by atoms with Gasteiger partial charge in [-0.05, 0) is 74.2 Å². The Morgan fingerprint density at radius 3 is 2.55 bits per heavy atom. The highest BCUT2D eigenvalue weighted by Gasteiger charge is 2.14. The van der Waals surface area contributed by atoms with Crippen molar-refractivity contribution in [2.45, 2.75) is 40.7 Å². The topological polar surface area (TPSA) is 95.2 Å². The Balaban J connectivity index is 1.76. The van der Waals surface area contributed by atoms with Gasteiger partial charge in [0.25, 0.3) is 5.91 Å². The minimum Gasteiger partial charge on any atom is -0.493 e. The van der Waals surface area contributed by atoms with Gasteiger partial charge in [0, 0.05) is 23.4 Å². The summed E-state index contributed by atoms with van der Waals surface area (Å²) in [5.74, 6) is 0.748. The highest BCUT2D eigenvalue weighted by molar-refractivity contribution is 5.94. The smallest absolute Gasteiger partial charge is 0.251 e. The van der Waals surface area contributed by atoms with Crippen LogP contribution < -0.4 is 10.1 Å². The molecule has 0 bridgehead atoms. The number of aromatic hydroxyl groups is 1. The molecule has 0 fully saturated rings. The third-order valence-corrected chi connectivity index (χ3v) is 5.14. The lowest BCUT2D eigenvalue weighted by molar-refractivity contribution is 0.0950. The van der Waals surface area contributed by atoms with Crippen molar-refractivity contribution < 1.29 is 14.6 Å². The molecular weight excluding hydrogens is 390 g/mol. The Bertz CT molecular complexity index is 1160. The summed E-state index contributed by atoms with van der Waals surface area (Å²) in [6.07, 6.45) is 0.740. The number of rotatable bonds is 6. The van der Waals surface area contributed by atoms with Gasteiger partial charge in [-0.1, -0.05) is 19.1 Å². The Morgan fingerprint density at radius 1 is 1.13 bits per heavy atom. The summed E-state index contributed by atoms with van der Waals surface area (Å²) < 4.78 is 5.98. The van der Waals surface area contributed by atoms with Crippen LogP contribution in [0.15, 0.2) is 42.5 Å². The number of ether oxygens (including phenoxy) is 1. The SMILES string of the molecule is CCc1cccc(Oc2ccc(C(=O)NCc3c(C)cc(C)nc3O)cc2C)c1C#N. The van der Waals surface area contributed by atoms with Gasteiger partial charge in [0.1, 0.15) is 17.6 Å². The first-order valence-corrected chi connectivity index (χ1v) is 10.1. The van der Waals surface area contributed by atoms with Crippen LogP contribution >= 0.6 is 0 Å². The first kappa shape index (κ1) is 21.8. The van der Waals surface area contributed by atoms with Crippen molar-refractivity contribution >= 4 is 5.91 Å². The molecule has 0 aliphatic heterocycles. The quantitative estimate of drug-likeness (QED) is 0.599. The van der Waals surface area contributed by atoms with Crippen LogP contribution in [-0.4, -0.2) is 16.0 Å². The number of nitrogens with one attached hydrogen (secondary N) is 1. The summed E-state index contributed by atoms with van der Waals surface area (Å²) >= 11 is 0. The molecule has 3 rings (SSSR count). The van der Waals surface area contributed by atoms with Crippen LogP contribution in [0.1, 0.15) is 50.8 Å². The lowest BCUT2D eigenvalue weighted by Crippen LogP contribution is -2.23. The van der Waals surface area contributed by atoms with Gasteiger partial charge in [0.15, 0.2) is 0 Å². The van der Waals surface area contributed by atoms with Gasteiger partial charge < -0.3 is 15.2 Å². The highest BCUT2D eigenvalue weighted by Crippen LogP contribution is 2.30. The number of carbonyl (C=O) groups is 1. The summed E-state index contributed by atoms with van der Waals surface area (Å²) in [6, 6.07) is 14.8. The average molecular weight is 415 g/mol. The molecule has 2 N–H and O–H groups in total. The molecule has 1 amide bonds. The van der Waals surface area contributed by atoms with Crippen LogP contribution in [0, 0.1) is 32.1 Å². The van der Waals surface area contributed by atoms with Crippen molar-refractivity contribution in [2.24, 2.45) is 0 Å². The van der Waals surface area contributed by atoms with E-state index < -0.39 is 0 Å². The van der Waals surface area contributed by atoms with Crippen molar-refractivity contribution in [3.05, 3.63) is 81.5 Å². The van der Waals surface area contributed by atoms with E-state index >= 15 is 0 Å². The molecule has 0 atom stereocenters. The number of nitriles is 1. The third kappa shape index (κ3) is 4.84. The molecule has 0 aliphatic carbocycles. The number of aromatic nitrogens is 1. The summed E-state index contributed by atoms with van der Waals surface area (Å²) in [4.78, 5) is 16.7. The lowest BCUT2D eigenvalue weighted by Gasteiger charge is -2.14. The second-order valence-electron chi connectivity index (χ2n) is 7.40. The van der Waals surface area contributed by atoms with E-state index in [-0.39, 0.29) is 18.3 Å². The molecule has 2 aromatic carbocycles. The largest absolute Gasteiger partial charge is 0.493 e. The van der Waals surface area contributed by atoms with Gasteiger partial charge >= 0.3 is 0 Å². The van der Waals surface area contributed by atoms with Crippen molar-refractivity contribution in [1.29, 1.82) is 5.26 Å². The molecule has 0 spiro atoms. The normalized spacial score (nSPS) is 10.4. The number of amides is 1. The fraction of sp³-hybridized carbons (Fsp3) is 0.240. The van der Waals surface area contributed by atoms with Gasteiger partial charge in [0.2, 0.25) is 5.88 Å². The molecule has 158 valence electrons. The predicted molar refractivity (Wildman–Crippen MR) is 118 cm³/mol. The first-order chi connectivity index (χ1) is 14.8. The monoisotopic (exact) mass is 415 g/mol. The lowest BCUT2D eigenvalue weighted by atomic mass is 10.1. The molecule has 6 heteroatoms. The van der Waals surface area contributed by atoms with Crippen LogP contribution in [0.4, 0.5) is 0 Å². The minimum absolute atomic E-state index is 0.0691. The summed E-state index contributed by atoms with van der Waals surface area (Å²) in [6.45, 7) is 7.69. The number of aryl methyl sites for hydroxylation is 4. The number of hydrogen-bond donors (Lipinski definition) is 2. The van der Waals surface area contributed by atoms with Gasteiger partial charge in [0.05, 0.1) is 5.56 Å². The first-order valence-electron chi connectivity index (χ1n) is 10.1. The highest BCUT2D eigenvalue weighted by atomic mass is 16.5. The minimum atomic E-state index is -0.264. The van der Waals surface area contributed by atoms with Gasteiger partial charge in [-0.2, -0.15) is 5.26 Å². The molecule has 1 heterocycles. The predicted octanol–water partition coefficient (Wildman–Crippen LogP) is 4.87. The average Bonchev–Trinajstić information content (AvgIpc) is 2.73. The number of carbonyl (C=O) groups excluding carboxylic acids is 1. The molecule has 31 heavy (non-hydrogen) atoms. The van der Waals surface area contributed by atoms with Crippen molar-refractivity contribution in [1.82, 2.24) is 10.3 Å². The molecule has 3 aromatic rings. The van der Waals surface area contributed by atoms with E-state index in [9.17, 15) is 15.2 Å². The van der Waals surface area contributed by atoms with E-state index in [1.54, 1.807) is 31.2 Å². The molecular formula is C25H25N3O3. The van der Waals surface area contributed by atoms with E-state index in [1.807, 2.05) is 39.0 Å². The molecule has 6 nitrogen and oxygen atoms in total. The Labute approximate surface area is 182 Å². The van der Waals surface area contributed by atoms with Crippen LogP contribution in [0.2, 0.25) is 0 Å². The van der Waals surface area contributed by atoms with Gasteiger partial charge in [-0.3, -0.25) is 4.79 Å². The maximum Gasteiger partial charge on any atom is 0.251 e. The second-order valence-corrected chi connectivity index (χ2v) is 7.40. The molecule has 0 saturated carbocycles.